The smallest absolute Gasteiger partial charge is 0.221 e. The van der Waals surface area contributed by atoms with Gasteiger partial charge in [0.2, 0.25) is 5.95 Å². The number of hydrogen-bond acceptors (Lipinski definition) is 3. The van der Waals surface area contributed by atoms with Gasteiger partial charge in [-0.2, -0.15) is 4.98 Å². The summed E-state index contributed by atoms with van der Waals surface area (Å²) in [5.41, 5.74) is 0.978. The SMILES string of the molecule is Clc1cccc(-c2nc3n(n2)C2CCCC2CN3)c1. The monoisotopic (exact) mass is 274 g/mol. The predicted octanol–water partition coefficient (Wildman–Crippen LogP) is 3.37. The molecule has 4 rings (SSSR count). The zero-order chi connectivity index (χ0) is 12.8. The predicted molar refractivity (Wildman–Crippen MR) is 75.3 cm³/mol. The lowest BCUT2D eigenvalue weighted by Crippen LogP contribution is -2.29. The normalized spacial score (nSPS) is 24.7. The molecule has 2 atom stereocenters. The number of nitrogens with zero attached hydrogens (tertiary/aromatic N) is 3. The highest BCUT2D eigenvalue weighted by molar-refractivity contribution is 6.30. The third-order valence-electron chi connectivity index (χ3n) is 4.17. The fraction of sp³-hybridized carbons (Fsp3) is 0.429. The number of benzene rings is 1. The number of halogens is 1. The molecule has 5 heteroatoms. The van der Waals surface area contributed by atoms with Crippen LogP contribution < -0.4 is 5.32 Å². The Labute approximate surface area is 116 Å². The van der Waals surface area contributed by atoms with Crippen molar-refractivity contribution in [2.75, 3.05) is 11.9 Å². The molecule has 1 aromatic carbocycles. The Hall–Kier alpha value is -1.55. The molecule has 2 aliphatic rings. The molecule has 4 nitrogen and oxygen atoms in total. The molecule has 0 bridgehead atoms. The van der Waals surface area contributed by atoms with Gasteiger partial charge in [-0.1, -0.05) is 30.2 Å². The summed E-state index contributed by atoms with van der Waals surface area (Å²) >= 11 is 6.03. The summed E-state index contributed by atoms with van der Waals surface area (Å²) in [5, 5.41) is 8.80. The summed E-state index contributed by atoms with van der Waals surface area (Å²) in [6.07, 6.45) is 3.81. The number of aromatic nitrogens is 3. The van der Waals surface area contributed by atoms with Gasteiger partial charge < -0.3 is 5.32 Å². The van der Waals surface area contributed by atoms with E-state index < -0.39 is 0 Å². The maximum absolute atomic E-state index is 6.03. The van der Waals surface area contributed by atoms with Gasteiger partial charge >= 0.3 is 0 Å². The van der Waals surface area contributed by atoms with Gasteiger partial charge in [0.25, 0.3) is 0 Å². The number of fused-ring (bicyclic) bond motifs is 3. The lowest BCUT2D eigenvalue weighted by molar-refractivity contribution is 0.346. The molecular weight excluding hydrogens is 260 g/mol. The maximum Gasteiger partial charge on any atom is 0.221 e. The zero-order valence-electron chi connectivity index (χ0n) is 10.5. The van der Waals surface area contributed by atoms with Crippen molar-refractivity contribution in [3.05, 3.63) is 29.3 Å². The van der Waals surface area contributed by atoms with Crippen LogP contribution in [0.25, 0.3) is 11.4 Å². The first-order valence-electron chi connectivity index (χ1n) is 6.77. The minimum atomic E-state index is 0.525. The summed E-state index contributed by atoms with van der Waals surface area (Å²) in [6.45, 7) is 1.03. The van der Waals surface area contributed by atoms with Crippen molar-refractivity contribution < 1.29 is 0 Å². The van der Waals surface area contributed by atoms with Crippen LogP contribution in [-0.2, 0) is 0 Å². The molecule has 19 heavy (non-hydrogen) atoms. The van der Waals surface area contributed by atoms with Gasteiger partial charge in [-0.15, -0.1) is 5.10 Å². The Morgan fingerprint density at radius 1 is 1.32 bits per heavy atom. The van der Waals surface area contributed by atoms with Crippen LogP contribution in [0.2, 0.25) is 5.02 Å². The highest BCUT2D eigenvalue weighted by Crippen LogP contribution is 2.40. The van der Waals surface area contributed by atoms with Crippen LogP contribution in [0.15, 0.2) is 24.3 Å². The summed E-state index contributed by atoms with van der Waals surface area (Å²) in [5.74, 6) is 2.37. The number of hydrogen-bond donors (Lipinski definition) is 1. The molecule has 0 amide bonds. The van der Waals surface area contributed by atoms with E-state index in [2.05, 4.69) is 20.1 Å². The largest absolute Gasteiger partial charge is 0.354 e. The Bertz CT molecular complexity index is 622. The minimum absolute atomic E-state index is 0.525. The van der Waals surface area contributed by atoms with Crippen LogP contribution in [0, 0.1) is 5.92 Å². The van der Waals surface area contributed by atoms with Crippen LogP contribution in [-0.4, -0.2) is 21.3 Å². The van der Waals surface area contributed by atoms with Gasteiger partial charge in [0.05, 0.1) is 6.04 Å². The summed E-state index contributed by atoms with van der Waals surface area (Å²) in [4.78, 5) is 4.60. The van der Waals surface area contributed by atoms with Crippen molar-refractivity contribution in [1.82, 2.24) is 14.8 Å². The van der Waals surface area contributed by atoms with Crippen LogP contribution in [0.1, 0.15) is 25.3 Å². The van der Waals surface area contributed by atoms with Crippen molar-refractivity contribution >= 4 is 17.5 Å². The first kappa shape index (κ1) is 11.3. The molecular formula is C14H15ClN4. The summed E-state index contributed by atoms with van der Waals surface area (Å²) < 4.78 is 2.08. The molecule has 1 aromatic heterocycles. The van der Waals surface area contributed by atoms with Crippen molar-refractivity contribution in [3.63, 3.8) is 0 Å². The van der Waals surface area contributed by atoms with Crippen LogP contribution in [0.4, 0.5) is 5.95 Å². The van der Waals surface area contributed by atoms with Crippen molar-refractivity contribution in [2.24, 2.45) is 5.92 Å². The van der Waals surface area contributed by atoms with E-state index in [1.165, 1.54) is 19.3 Å². The number of nitrogens with one attached hydrogen (secondary N) is 1. The first-order chi connectivity index (χ1) is 9.31. The van der Waals surface area contributed by atoms with Gasteiger partial charge in [0.15, 0.2) is 5.82 Å². The van der Waals surface area contributed by atoms with E-state index in [0.29, 0.717) is 12.0 Å². The van der Waals surface area contributed by atoms with Gasteiger partial charge in [-0.25, -0.2) is 4.68 Å². The molecule has 2 aromatic rings. The van der Waals surface area contributed by atoms with E-state index in [0.717, 1.165) is 28.9 Å². The average molecular weight is 275 g/mol. The van der Waals surface area contributed by atoms with Gasteiger partial charge in [0, 0.05) is 17.1 Å². The van der Waals surface area contributed by atoms with Crippen LogP contribution in [0.5, 0.6) is 0 Å². The van der Waals surface area contributed by atoms with Crippen LogP contribution in [0.3, 0.4) is 0 Å². The van der Waals surface area contributed by atoms with Crippen LogP contribution >= 0.6 is 11.6 Å². The van der Waals surface area contributed by atoms with E-state index in [1.807, 2.05) is 24.3 Å². The molecule has 1 aliphatic heterocycles. The molecule has 0 saturated heterocycles. The second-order valence-corrected chi connectivity index (χ2v) is 5.79. The lowest BCUT2D eigenvalue weighted by atomic mass is 10.0. The minimum Gasteiger partial charge on any atom is -0.354 e. The zero-order valence-corrected chi connectivity index (χ0v) is 11.3. The highest BCUT2D eigenvalue weighted by Gasteiger charge is 2.35. The second-order valence-electron chi connectivity index (χ2n) is 5.35. The highest BCUT2D eigenvalue weighted by atomic mass is 35.5. The number of anilines is 1. The third-order valence-corrected chi connectivity index (χ3v) is 4.40. The Morgan fingerprint density at radius 2 is 2.26 bits per heavy atom. The van der Waals surface area contributed by atoms with Gasteiger partial charge in [0.1, 0.15) is 0 Å². The molecule has 98 valence electrons. The second kappa shape index (κ2) is 4.23. The van der Waals surface area contributed by atoms with E-state index in [4.69, 9.17) is 11.6 Å². The molecule has 1 saturated carbocycles. The fourth-order valence-corrected chi connectivity index (χ4v) is 3.41. The quantitative estimate of drug-likeness (QED) is 0.867. The molecule has 2 unspecified atom stereocenters. The van der Waals surface area contributed by atoms with Crippen molar-refractivity contribution in [3.8, 4) is 11.4 Å². The standard InChI is InChI=1S/C14H15ClN4/c15-11-5-1-3-9(7-11)13-17-14-16-8-10-4-2-6-12(10)19(14)18-13/h1,3,5,7,10,12H,2,4,6,8H2,(H,16,17,18). The van der Waals surface area contributed by atoms with E-state index in [9.17, 15) is 0 Å². The molecule has 1 fully saturated rings. The molecule has 1 N–H and O–H groups in total. The Morgan fingerprint density at radius 3 is 3.16 bits per heavy atom. The fourth-order valence-electron chi connectivity index (χ4n) is 3.22. The lowest BCUT2D eigenvalue weighted by Gasteiger charge is -2.26. The maximum atomic E-state index is 6.03. The molecule has 2 heterocycles. The topological polar surface area (TPSA) is 42.7 Å². The number of rotatable bonds is 1. The summed E-state index contributed by atoms with van der Waals surface area (Å²) in [6, 6.07) is 8.24. The van der Waals surface area contributed by atoms with Crippen molar-refractivity contribution in [1.29, 1.82) is 0 Å². The molecule has 0 spiro atoms. The van der Waals surface area contributed by atoms with E-state index in [1.54, 1.807) is 0 Å². The molecule has 1 aliphatic carbocycles. The third kappa shape index (κ3) is 1.82. The van der Waals surface area contributed by atoms with E-state index >= 15 is 0 Å². The Balaban J connectivity index is 1.76. The first-order valence-corrected chi connectivity index (χ1v) is 7.15. The molecule has 0 radical (unpaired) electrons. The van der Waals surface area contributed by atoms with Gasteiger partial charge in [-0.05, 0) is 30.9 Å². The average Bonchev–Trinajstić information content (AvgIpc) is 3.04. The van der Waals surface area contributed by atoms with Crippen molar-refractivity contribution in [2.45, 2.75) is 25.3 Å². The Kier molecular flexibility index (Phi) is 2.52. The van der Waals surface area contributed by atoms with E-state index in [-0.39, 0.29) is 0 Å². The van der Waals surface area contributed by atoms with Gasteiger partial charge in [-0.3, -0.25) is 0 Å². The summed E-state index contributed by atoms with van der Waals surface area (Å²) in [7, 11) is 0.